The zero-order chi connectivity index (χ0) is 13.1. The zero-order valence-corrected chi connectivity index (χ0v) is 9.92. The monoisotopic (exact) mass is 250 g/mol. The lowest BCUT2D eigenvalue weighted by atomic mass is 9.88. The second kappa shape index (κ2) is 5.08. The van der Waals surface area contributed by atoms with Gasteiger partial charge in [0.25, 0.3) is 0 Å². The van der Waals surface area contributed by atoms with Crippen LogP contribution in [-0.2, 0) is 19.1 Å². The van der Waals surface area contributed by atoms with E-state index in [0.717, 1.165) is 6.42 Å². The van der Waals surface area contributed by atoms with Crippen LogP contribution in [0.25, 0.3) is 0 Å². The summed E-state index contributed by atoms with van der Waals surface area (Å²) in [7, 11) is 0. The van der Waals surface area contributed by atoms with Gasteiger partial charge in [-0.25, -0.2) is 4.79 Å². The van der Waals surface area contributed by atoms with E-state index in [0.29, 0.717) is 6.42 Å². The molecule has 1 aliphatic rings. The summed E-state index contributed by atoms with van der Waals surface area (Å²) in [5.74, 6) is -7.45. The van der Waals surface area contributed by atoms with E-state index in [-0.39, 0.29) is 19.6 Å². The maximum absolute atomic E-state index is 13.5. The lowest BCUT2D eigenvalue weighted by molar-refractivity contribution is -0.190. The molecular formula is C11H16F2O4. The SMILES string of the molecule is CCOC(=O)C(F)(F)C(=O)C1(C)CCCCO1. The van der Waals surface area contributed by atoms with Gasteiger partial charge in [-0.15, -0.1) is 0 Å². The lowest BCUT2D eigenvalue weighted by Gasteiger charge is -2.34. The second-order valence-electron chi connectivity index (χ2n) is 4.16. The van der Waals surface area contributed by atoms with Crippen molar-refractivity contribution in [1.82, 2.24) is 0 Å². The molecule has 0 spiro atoms. The Morgan fingerprint density at radius 2 is 2.06 bits per heavy atom. The van der Waals surface area contributed by atoms with E-state index < -0.39 is 23.3 Å². The molecule has 0 bridgehead atoms. The fraction of sp³-hybridized carbons (Fsp3) is 0.818. The van der Waals surface area contributed by atoms with Gasteiger partial charge >= 0.3 is 11.9 Å². The fourth-order valence-corrected chi connectivity index (χ4v) is 1.76. The van der Waals surface area contributed by atoms with E-state index in [1.165, 1.54) is 13.8 Å². The Morgan fingerprint density at radius 1 is 1.41 bits per heavy atom. The molecule has 0 aromatic heterocycles. The first-order chi connectivity index (χ1) is 7.84. The Hall–Kier alpha value is -1.04. The van der Waals surface area contributed by atoms with Gasteiger partial charge in [-0.3, -0.25) is 4.79 Å². The Kier molecular flexibility index (Phi) is 4.19. The molecule has 17 heavy (non-hydrogen) atoms. The summed E-state index contributed by atoms with van der Waals surface area (Å²) >= 11 is 0. The third-order valence-electron chi connectivity index (χ3n) is 2.77. The largest absolute Gasteiger partial charge is 0.461 e. The number of halogens is 2. The summed E-state index contributed by atoms with van der Waals surface area (Å²) < 4.78 is 36.3. The summed E-state index contributed by atoms with van der Waals surface area (Å²) in [5.41, 5.74) is -1.59. The molecule has 1 heterocycles. The molecule has 0 saturated carbocycles. The summed E-state index contributed by atoms with van der Waals surface area (Å²) in [6.45, 7) is 2.75. The van der Waals surface area contributed by atoms with E-state index in [9.17, 15) is 18.4 Å². The molecule has 0 N–H and O–H groups in total. The van der Waals surface area contributed by atoms with Crippen LogP contribution in [0.5, 0.6) is 0 Å². The molecule has 4 nitrogen and oxygen atoms in total. The molecule has 98 valence electrons. The van der Waals surface area contributed by atoms with E-state index in [2.05, 4.69) is 4.74 Å². The first kappa shape index (κ1) is 14.0. The second-order valence-corrected chi connectivity index (χ2v) is 4.16. The van der Waals surface area contributed by atoms with Crippen LogP contribution in [0, 0.1) is 0 Å². The summed E-state index contributed by atoms with van der Waals surface area (Å²) in [6, 6.07) is 0. The number of carbonyl (C=O) groups is 2. The third-order valence-corrected chi connectivity index (χ3v) is 2.77. The van der Waals surface area contributed by atoms with Crippen molar-refractivity contribution in [1.29, 1.82) is 0 Å². The molecule has 1 fully saturated rings. The lowest BCUT2D eigenvalue weighted by Crippen LogP contribution is -2.53. The van der Waals surface area contributed by atoms with Crippen LogP contribution in [0.15, 0.2) is 0 Å². The summed E-state index contributed by atoms with van der Waals surface area (Å²) in [6.07, 6.45) is 1.55. The number of esters is 1. The number of hydrogen-bond donors (Lipinski definition) is 0. The van der Waals surface area contributed by atoms with Gasteiger partial charge in [-0.1, -0.05) is 0 Å². The van der Waals surface area contributed by atoms with Crippen molar-refractivity contribution < 1.29 is 27.8 Å². The van der Waals surface area contributed by atoms with Gasteiger partial charge in [-0.05, 0) is 33.1 Å². The van der Waals surface area contributed by atoms with Crippen molar-refractivity contribution in [3.8, 4) is 0 Å². The fourth-order valence-electron chi connectivity index (χ4n) is 1.76. The van der Waals surface area contributed by atoms with Crippen LogP contribution in [0.4, 0.5) is 8.78 Å². The van der Waals surface area contributed by atoms with Crippen LogP contribution in [0.2, 0.25) is 0 Å². The Morgan fingerprint density at radius 3 is 2.53 bits per heavy atom. The topological polar surface area (TPSA) is 52.6 Å². The third kappa shape index (κ3) is 2.80. The smallest absolute Gasteiger partial charge is 0.402 e. The van der Waals surface area contributed by atoms with Crippen LogP contribution < -0.4 is 0 Å². The van der Waals surface area contributed by atoms with Gasteiger partial charge in [-0.2, -0.15) is 8.78 Å². The number of Topliss-reactive ketones (excluding diaryl/α,β-unsaturated/α-hetero) is 1. The number of rotatable bonds is 4. The average molecular weight is 250 g/mol. The number of alkyl halides is 2. The molecule has 0 aliphatic carbocycles. The van der Waals surface area contributed by atoms with E-state index in [1.54, 1.807) is 0 Å². The first-order valence-corrected chi connectivity index (χ1v) is 5.58. The van der Waals surface area contributed by atoms with Crippen molar-refractivity contribution in [2.75, 3.05) is 13.2 Å². The Balaban J connectivity index is 2.83. The van der Waals surface area contributed by atoms with Gasteiger partial charge in [0, 0.05) is 6.61 Å². The minimum Gasteiger partial charge on any atom is -0.461 e. The average Bonchev–Trinajstić information content (AvgIpc) is 2.29. The van der Waals surface area contributed by atoms with Crippen molar-refractivity contribution in [3.63, 3.8) is 0 Å². The zero-order valence-electron chi connectivity index (χ0n) is 9.92. The molecule has 1 aliphatic heterocycles. The van der Waals surface area contributed by atoms with Gasteiger partial charge < -0.3 is 9.47 Å². The van der Waals surface area contributed by atoms with E-state index in [4.69, 9.17) is 4.74 Å². The minimum atomic E-state index is -4.14. The number of carbonyl (C=O) groups excluding carboxylic acids is 2. The predicted octanol–water partition coefficient (Wildman–Crippen LogP) is 1.71. The van der Waals surface area contributed by atoms with Gasteiger partial charge in [0.05, 0.1) is 6.61 Å². The maximum atomic E-state index is 13.5. The Bertz CT molecular complexity index is 309. The van der Waals surface area contributed by atoms with E-state index >= 15 is 0 Å². The molecule has 1 unspecified atom stereocenters. The highest BCUT2D eigenvalue weighted by Gasteiger charge is 2.57. The number of hydrogen-bond acceptors (Lipinski definition) is 4. The molecule has 0 amide bonds. The highest BCUT2D eigenvalue weighted by atomic mass is 19.3. The van der Waals surface area contributed by atoms with E-state index in [1.807, 2.05) is 0 Å². The first-order valence-electron chi connectivity index (χ1n) is 5.58. The molecule has 1 atom stereocenters. The summed E-state index contributed by atoms with van der Waals surface area (Å²) in [4.78, 5) is 22.7. The quantitative estimate of drug-likeness (QED) is 0.563. The predicted molar refractivity (Wildman–Crippen MR) is 54.8 cm³/mol. The van der Waals surface area contributed by atoms with Crippen molar-refractivity contribution in [2.24, 2.45) is 0 Å². The maximum Gasteiger partial charge on any atom is 0.402 e. The molecule has 1 saturated heterocycles. The highest BCUT2D eigenvalue weighted by Crippen LogP contribution is 2.32. The molecule has 1 rings (SSSR count). The summed E-state index contributed by atoms with van der Waals surface area (Å²) in [5, 5.41) is 0. The van der Waals surface area contributed by atoms with Crippen molar-refractivity contribution >= 4 is 11.8 Å². The standard InChI is InChI=1S/C11H16F2O4/c1-3-16-9(15)11(12,13)8(14)10(2)6-4-5-7-17-10/h3-7H2,1-2H3. The number of ether oxygens (including phenoxy) is 2. The van der Waals surface area contributed by atoms with Crippen LogP contribution in [0.1, 0.15) is 33.1 Å². The van der Waals surface area contributed by atoms with Crippen LogP contribution in [0.3, 0.4) is 0 Å². The van der Waals surface area contributed by atoms with Gasteiger partial charge in [0.1, 0.15) is 5.60 Å². The molecule has 0 aromatic carbocycles. The van der Waals surface area contributed by atoms with Crippen LogP contribution in [-0.4, -0.2) is 36.5 Å². The van der Waals surface area contributed by atoms with Crippen molar-refractivity contribution in [3.05, 3.63) is 0 Å². The molecule has 6 heteroatoms. The Labute approximate surface area is 98.3 Å². The van der Waals surface area contributed by atoms with Gasteiger partial charge in [0.2, 0.25) is 5.78 Å². The minimum absolute atomic E-state index is 0.195. The molecule has 0 radical (unpaired) electrons. The highest BCUT2D eigenvalue weighted by molar-refractivity contribution is 6.09. The van der Waals surface area contributed by atoms with Crippen molar-refractivity contribution in [2.45, 2.75) is 44.6 Å². The van der Waals surface area contributed by atoms with Crippen LogP contribution >= 0.6 is 0 Å². The molecular weight excluding hydrogens is 234 g/mol. The van der Waals surface area contributed by atoms with Gasteiger partial charge in [0.15, 0.2) is 0 Å². The normalized spacial score (nSPS) is 25.4. The molecule has 0 aromatic rings. The number of ketones is 1.